The van der Waals surface area contributed by atoms with E-state index in [9.17, 15) is 22.4 Å². The Kier molecular flexibility index (Phi) is 4.52. The second-order valence-electron chi connectivity index (χ2n) is 4.84. The number of nitrogens with zero attached hydrogens (tertiary/aromatic N) is 4. The summed E-state index contributed by atoms with van der Waals surface area (Å²) in [6.07, 6.45) is -2.95. The van der Waals surface area contributed by atoms with E-state index in [4.69, 9.17) is 0 Å². The Labute approximate surface area is 143 Å². The quantitative estimate of drug-likeness (QED) is 0.718. The number of hydrogen-bond donors (Lipinski definition) is 1. The van der Waals surface area contributed by atoms with Crippen LogP contribution in [0.15, 0.2) is 48.9 Å². The number of carbonyl (C=O) groups is 1. The molecule has 2 aromatic heterocycles. The first-order chi connectivity index (χ1) is 12.3. The van der Waals surface area contributed by atoms with E-state index in [-0.39, 0.29) is 11.6 Å². The number of alkyl halides is 3. The van der Waals surface area contributed by atoms with Crippen LogP contribution >= 0.6 is 0 Å². The largest absolute Gasteiger partial charge is 0.437 e. The lowest BCUT2D eigenvalue weighted by Crippen LogP contribution is -2.20. The zero-order chi connectivity index (χ0) is 18.7. The topological polar surface area (TPSA) is 81.9 Å². The van der Waals surface area contributed by atoms with Gasteiger partial charge < -0.3 is 4.74 Å². The zero-order valence-corrected chi connectivity index (χ0v) is 12.7. The summed E-state index contributed by atoms with van der Waals surface area (Å²) in [4.78, 5) is 19.2. The maximum absolute atomic E-state index is 13.4. The second kappa shape index (κ2) is 6.78. The number of rotatable bonds is 3. The smallest absolute Gasteiger partial charge is 0.406 e. The van der Waals surface area contributed by atoms with Gasteiger partial charge in [-0.1, -0.05) is 6.07 Å². The number of hydrogen-bond acceptors (Lipinski definition) is 5. The second-order valence-corrected chi connectivity index (χ2v) is 4.84. The maximum Gasteiger partial charge on any atom is 0.437 e. The predicted octanol–water partition coefficient (Wildman–Crippen LogP) is 3.43. The zero-order valence-electron chi connectivity index (χ0n) is 12.7. The van der Waals surface area contributed by atoms with Crippen molar-refractivity contribution in [2.75, 3.05) is 5.32 Å². The van der Waals surface area contributed by atoms with Crippen molar-refractivity contribution in [3.8, 4) is 11.7 Å². The first-order valence-corrected chi connectivity index (χ1v) is 7.01. The van der Waals surface area contributed by atoms with Gasteiger partial charge in [0.25, 0.3) is 5.95 Å². The average Bonchev–Trinajstić information content (AvgIpc) is 2.99. The number of ether oxygens (including phenoxy) is 1. The van der Waals surface area contributed by atoms with Gasteiger partial charge in [-0.3, -0.25) is 5.32 Å². The molecular weight excluding hydrogens is 358 g/mol. The van der Waals surface area contributed by atoms with Crippen LogP contribution in [0.2, 0.25) is 0 Å². The lowest BCUT2D eigenvalue weighted by molar-refractivity contribution is -0.143. The standard InChI is InChI=1S/C15H9F4N5O2/c16-9-3-1-4-10(7-9)23-14(25)26-11-8-22-24(12(11)15(17,18)19)13-20-5-2-6-21-13/h1-8H,(H,23,25). The van der Waals surface area contributed by atoms with Crippen molar-refractivity contribution in [3.63, 3.8) is 0 Å². The molecule has 0 saturated carbocycles. The summed E-state index contributed by atoms with van der Waals surface area (Å²) >= 11 is 0. The molecule has 7 nitrogen and oxygen atoms in total. The molecule has 0 saturated heterocycles. The Balaban J connectivity index is 1.88. The number of benzene rings is 1. The molecule has 0 unspecified atom stereocenters. The predicted molar refractivity (Wildman–Crippen MR) is 80.2 cm³/mol. The highest BCUT2D eigenvalue weighted by Crippen LogP contribution is 2.37. The van der Waals surface area contributed by atoms with Gasteiger partial charge in [0.05, 0.1) is 6.20 Å². The van der Waals surface area contributed by atoms with Gasteiger partial charge in [0.2, 0.25) is 0 Å². The van der Waals surface area contributed by atoms with E-state index < -0.39 is 29.5 Å². The number of aromatic nitrogens is 4. The molecule has 0 radical (unpaired) electrons. The molecule has 1 N–H and O–H groups in total. The van der Waals surface area contributed by atoms with Crippen LogP contribution in [0.25, 0.3) is 5.95 Å². The van der Waals surface area contributed by atoms with Crippen LogP contribution in [0.3, 0.4) is 0 Å². The minimum absolute atomic E-state index is 0.0161. The van der Waals surface area contributed by atoms with Crippen LogP contribution in [-0.4, -0.2) is 25.8 Å². The van der Waals surface area contributed by atoms with Crippen LogP contribution < -0.4 is 10.1 Å². The third-order valence-electron chi connectivity index (χ3n) is 3.02. The van der Waals surface area contributed by atoms with Crippen molar-refractivity contribution in [1.29, 1.82) is 0 Å². The third kappa shape index (κ3) is 3.77. The van der Waals surface area contributed by atoms with Gasteiger partial charge in [0.1, 0.15) is 5.82 Å². The molecule has 134 valence electrons. The summed E-state index contributed by atoms with van der Waals surface area (Å²) in [7, 11) is 0. The Morgan fingerprint density at radius 3 is 2.54 bits per heavy atom. The van der Waals surface area contributed by atoms with Crippen molar-refractivity contribution in [2.45, 2.75) is 6.18 Å². The van der Waals surface area contributed by atoms with E-state index in [0.29, 0.717) is 10.9 Å². The summed E-state index contributed by atoms with van der Waals surface area (Å²) < 4.78 is 58.3. The third-order valence-corrected chi connectivity index (χ3v) is 3.02. The lowest BCUT2D eigenvalue weighted by Gasteiger charge is -2.11. The van der Waals surface area contributed by atoms with Gasteiger partial charge >= 0.3 is 12.3 Å². The first kappa shape index (κ1) is 17.3. The molecule has 0 aliphatic rings. The van der Waals surface area contributed by atoms with Crippen molar-refractivity contribution in [2.24, 2.45) is 0 Å². The molecule has 0 aliphatic heterocycles. The molecule has 26 heavy (non-hydrogen) atoms. The highest BCUT2D eigenvalue weighted by molar-refractivity contribution is 5.86. The summed E-state index contributed by atoms with van der Waals surface area (Å²) in [6, 6.07) is 6.20. The van der Waals surface area contributed by atoms with Gasteiger partial charge in [-0.15, -0.1) is 0 Å². The van der Waals surface area contributed by atoms with Gasteiger partial charge in [-0.25, -0.2) is 19.2 Å². The molecule has 1 aromatic carbocycles. The van der Waals surface area contributed by atoms with Gasteiger partial charge in [0, 0.05) is 18.1 Å². The number of carbonyl (C=O) groups excluding carboxylic acids is 1. The Hall–Kier alpha value is -3.50. The minimum Gasteiger partial charge on any atom is -0.406 e. The monoisotopic (exact) mass is 367 g/mol. The number of amides is 1. The van der Waals surface area contributed by atoms with Crippen molar-refractivity contribution < 1.29 is 27.1 Å². The fraction of sp³-hybridized carbons (Fsp3) is 0.0667. The van der Waals surface area contributed by atoms with Crippen LogP contribution in [0.1, 0.15) is 5.69 Å². The fourth-order valence-electron chi connectivity index (χ4n) is 2.03. The van der Waals surface area contributed by atoms with E-state index >= 15 is 0 Å². The van der Waals surface area contributed by atoms with Crippen molar-refractivity contribution in [3.05, 3.63) is 60.4 Å². The summed E-state index contributed by atoms with van der Waals surface area (Å²) in [5, 5.41) is 5.66. The van der Waals surface area contributed by atoms with E-state index in [1.54, 1.807) is 0 Å². The molecule has 3 aromatic rings. The van der Waals surface area contributed by atoms with Crippen molar-refractivity contribution in [1.82, 2.24) is 19.7 Å². The van der Waals surface area contributed by atoms with Crippen LogP contribution in [-0.2, 0) is 6.18 Å². The van der Waals surface area contributed by atoms with Gasteiger partial charge in [0.15, 0.2) is 11.4 Å². The maximum atomic E-state index is 13.4. The normalized spacial score (nSPS) is 11.2. The summed E-state index contributed by atoms with van der Waals surface area (Å²) in [6.45, 7) is 0. The van der Waals surface area contributed by atoms with Gasteiger partial charge in [-0.2, -0.15) is 23.0 Å². The molecule has 0 aliphatic carbocycles. The minimum atomic E-state index is -4.90. The average molecular weight is 367 g/mol. The van der Waals surface area contributed by atoms with Crippen LogP contribution in [0.4, 0.5) is 28.0 Å². The lowest BCUT2D eigenvalue weighted by atomic mass is 10.3. The fourth-order valence-corrected chi connectivity index (χ4v) is 2.03. The molecule has 1 amide bonds. The highest BCUT2D eigenvalue weighted by Gasteiger charge is 2.41. The molecule has 0 spiro atoms. The van der Waals surface area contributed by atoms with Crippen LogP contribution in [0.5, 0.6) is 5.75 Å². The molecule has 0 bridgehead atoms. The SMILES string of the molecule is O=C(Nc1cccc(F)c1)Oc1cnn(-c2ncccn2)c1C(F)(F)F. The number of anilines is 1. The van der Waals surface area contributed by atoms with Crippen LogP contribution in [0, 0.1) is 5.82 Å². The van der Waals surface area contributed by atoms with Crippen molar-refractivity contribution >= 4 is 11.8 Å². The molecule has 0 atom stereocenters. The molecule has 3 rings (SSSR count). The molecule has 11 heteroatoms. The number of halogens is 4. The Bertz CT molecular complexity index is 927. The van der Waals surface area contributed by atoms with E-state index in [0.717, 1.165) is 12.1 Å². The summed E-state index contributed by atoms with van der Waals surface area (Å²) in [5.41, 5.74) is -1.35. The van der Waals surface area contributed by atoms with E-state index in [2.05, 4.69) is 25.1 Å². The molecule has 2 heterocycles. The summed E-state index contributed by atoms with van der Waals surface area (Å²) in [5.74, 6) is -1.83. The first-order valence-electron chi connectivity index (χ1n) is 7.01. The highest BCUT2D eigenvalue weighted by atomic mass is 19.4. The number of nitrogens with one attached hydrogen (secondary N) is 1. The van der Waals surface area contributed by atoms with Gasteiger partial charge in [-0.05, 0) is 24.3 Å². The molecular formula is C15H9F4N5O2. The Morgan fingerprint density at radius 2 is 1.88 bits per heavy atom. The Morgan fingerprint density at radius 1 is 1.15 bits per heavy atom. The van der Waals surface area contributed by atoms with E-state index in [1.165, 1.54) is 30.6 Å². The molecule has 0 fully saturated rings. The van der Waals surface area contributed by atoms with E-state index in [1.807, 2.05) is 0 Å².